The fraction of sp³-hybridized carbons (Fsp3) is 0.647. The fourth-order valence-electron chi connectivity index (χ4n) is 3.95. The first kappa shape index (κ1) is 15.4. The molecule has 0 saturated heterocycles. The third-order valence-electron chi connectivity index (χ3n) is 5.02. The second-order valence-electron chi connectivity index (χ2n) is 6.75. The maximum absolute atomic E-state index is 14.2. The predicted molar refractivity (Wildman–Crippen MR) is 85.8 cm³/mol. The summed E-state index contributed by atoms with van der Waals surface area (Å²) in [5.74, 6) is 1.71. The van der Waals surface area contributed by atoms with Crippen LogP contribution in [0.25, 0.3) is 0 Å². The Balaban J connectivity index is 1.67. The van der Waals surface area contributed by atoms with E-state index in [0.29, 0.717) is 0 Å². The third-order valence-corrected chi connectivity index (χ3v) is 5.52. The van der Waals surface area contributed by atoms with Crippen molar-refractivity contribution in [3.05, 3.63) is 34.1 Å². The van der Waals surface area contributed by atoms with E-state index in [1.54, 1.807) is 13.2 Å². The van der Waals surface area contributed by atoms with Gasteiger partial charge in [-0.25, -0.2) is 4.39 Å². The van der Waals surface area contributed by atoms with E-state index in [4.69, 9.17) is 4.74 Å². The van der Waals surface area contributed by atoms with Crippen molar-refractivity contribution in [3.63, 3.8) is 0 Å². The third kappa shape index (κ3) is 3.66. The second-order valence-corrected chi connectivity index (χ2v) is 7.66. The Kier molecular flexibility index (Phi) is 4.67. The van der Waals surface area contributed by atoms with Crippen molar-refractivity contribution >= 4 is 15.9 Å². The van der Waals surface area contributed by atoms with E-state index in [-0.39, 0.29) is 11.2 Å². The van der Waals surface area contributed by atoms with Crippen molar-refractivity contribution in [3.8, 4) is 0 Å². The zero-order valence-corrected chi connectivity index (χ0v) is 14.1. The molecule has 2 aliphatic rings. The number of hydrogen-bond donors (Lipinski definition) is 1. The van der Waals surface area contributed by atoms with Crippen LogP contribution in [0.3, 0.4) is 0 Å². The summed E-state index contributed by atoms with van der Waals surface area (Å²) >= 11 is 3.33. The van der Waals surface area contributed by atoms with Gasteiger partial charge >= 0.3 is 0 Å². The van der Waals surface area contributed by atoms with Gasteiger partial charge in [0.05, 0.1) is 6.61 Å². The lowest BCUT2D eigenvalue weighted by molar-refractivity contribution is 0.186. The summed E-state index contributed by atoms with van der Waals surface area (Å²) in [6.45, 7) is 2.57. The van der Waals surface area contributed by atoms with E-state index in [1.807, 2.05) is 12.1 Å². The molecule has 2 saturated carbocycles. The van der Waals surface area contributed by atoms with Crippen LogP contribution in [0.1, 0.15) is 24.8 Å². The molecule has 0 heterocycles. The zero-order valence-electron chi connectivity index (χ0n) is 12.5. The average molecular weight is 356 g/mol. The molecule has 2 unspecified atom stereocenters. The molecule has 2 nitrogen and oxygen atoms in total. The van der Waals surface area contributed by atoms with Gasteiger partial charge in [0.25, 0.3) is 0 Å². The van der Waals surface area contributed by atoms with Crippen LogP contribution >= 0.6 is 15.9 Å². The van der Waals surface area contributed by atoms with Gasteiger partial charge < -0.3 is 10.1 Å². The number of benzene rings is 1. The highest BCUT2D eigenvalue weighted by atomic mass is 79.9. The van der Waals surface area contributed by atoms with E-state index >= 15 is 0 Å². The maximum Gasteiger partial charge on any atom is 0.127 e. The van der Waals surface area contributed by atoms with Crippen LogP contribution in [0.4, 0.5) is 4.39 Å². The molecule has 2 atom stereocenters. The van der Waals surface area contributed by atoms with Crippen LogP contribution in [0, 0.1) is 23.1 Å². The van der Waals surface area contributed by atoms with Gasteiger partial charge in [-0.05, 0) is 60.6 Å². The molecule has 0 bridgehead atoms. The Morgan fingerprint density at radius 2 is 2.14 bits per heavy atom. The van der Waals surface area contributed by atoms with Gasteiger partial charge in [-0.2, -0.15) is 0 Å². The Hall–Kier alpha value is -0.450. The summed E-state index contributed by atoms with van der Waals surface area (Å²) in [5, 5.41) is 3.50. The molecule has 1 aromatic carbocycles. The molecule has 21 heavy (non-hydrogen) atoms. The highest BCUT2D eigenvalue weighted by molar-refractivity contribution is 9.10. The number of ether oxygens (including phenoxy) is 1. The number of hydrogen-bond acceptors (Lipinski definition) is 2. The lowest BCUT2D eigenvalue weighted by Gasteiger charge is -2.32. The fourth-order valence-corrected chi connectivity index (χ4v) is 4.29. The van der Waals surface area contributed by atoms with E-state index in [2.05, 4.69) is 21.2 Å². The number of nitrogens with one attached hydrogen (secondary N) is 1. The minimum Gasteiger partial charge on any atom is -0.383 e. The predicted octanol–water partition coefficient (Wildman–Crippen LogP) is 3.78. The highest BCUT2D eigenvalue weighted by Crippen LogP contribution is 2.60. The standard InChI is InChI=1S/C17H23BrFNO/c1-21-5-4-20-11-17(9-13-6-14(13)10-17)8-12-2-3-15(18)7-16(12)19/h2-3,7,13-14,20H,4-6,8-11H2,1H3. The molecule has 0 aliphatic heterocycles. The first-order valence-corrected chi connectivity index (χ1v) is 8.55. The van der Waals surface area contributed by atoms with Crippen molar-refractivity contribution in [2.75, 3.05) is 26.8 Å². The molecule has 2 fully saturated rings. The van der Waals surface area contributed by atoms with E-state index < -0.39 is 0 Å². The Labute approximate surface area is 134 Å². The van der Waals surface area contributed by atoms with Crippen molar-refractivity contribution in [1.82, 2.24) is 5.32 Å². The molecule has 0 amide bonds. The van der Waals surface area contributed by atoms with Gasteiger partial charge in [0.15, 0.2) is 0 Å². The summed E-state index contributed by atoms with van der Waals surface area (Å²) in [4.78, 5) is 0. The van der Waals surface area contributed by atoms with Crippen LogP contribution in [-0.2, 0) is 11.2 Å². The van der Waals surface area contributed by atoms with Crippen molar-refractivity contribution < 1.29 is 9.13 Å². The molecule has 0 aromatic heterocycles. The zero-order chi connectivity index (χ0) is 14.9. The Morgan fingerprint density at radius 1 is 1.38 bits per heavy atom. The van der Waals surface area contributed by atoms with E-state index in [9.17, 15) is 4.39 Å². The van der Waals surface area contributed by atoms with Gasteiger partial charge in [0, 0.05) is 24.7 Å². The molecule has 3 rings (SSSR count). The normalized spacial score (nSPS) is 30.4. The first-order chi connectivity index (χ1) is 10.1. The molecule has 1 N–H and O–H groups in total. The van der Waals surface area contributed by atoms with Gasteiger partial charge in [-0.3, -0.25) is 0 Å². The quantitative estimate of drug-likeness (QED) is 0.751. The topological polar surface area (TPSA) is 21.3 Å². The highest BCUT2D eigenvalue weighted by Gasteiger charge is 2.53. The number of rotatable bonds is 7. The molecule has 2 aliphatic carbocycles. The Bertz CT molecular complexity index is 498. The molecular formula is C17H23BrFNO. The van der Waals surface area contributed by atoms with Crippen molar-refractivity contribution in [2.45, 2.75) is 25.7 Å². The van der Waals surface area contributed by atoms with Crippen LogP contribution in [-0.4, -0.2) is 26.8 Å². The number of halogens is 2. The first-order valence-electron chi connectivity index (χ1n) is 7.75. The van der Waals surface area contributed by atoms with Gasteiger partial charge in [0.1, 0.15) is 5.82 Å². The minimum absolute atomic E-state index is 0.0822. The van der Waals surface area contributed by atoms with Crippen molar-refractivity contribution in [1.29, 1.82) is 0 Å². The van der Waals surface area contributed by atoms with E-state index in [0.717, 1.165) is 48.0 Å². The molecular weight excluding hydrogens is 333 g/mol. The summed E-state index contributed by atoms with van der Waals surface area (Å²) in [6, 6.07) is 5.46. The molecule has 1 aromatic rings. The summed E-state index contributed by atoms with van der Waals surface area (Å²) < 4.78 is 20.1. The smallest absolute Gasteiger partial charge is 0.127 e. The summed E-state index contributed by atoms with van der Waals surface area (Å²) in [5.41, 5.74) is 1.09. The molecule has 116 valence electrons. The van der Waals surface area contributed by atoms with Crippen molar-refractivity contribution in [2.24, 2.45) is 17.3 Å². The summed E-state index contributed by atoms with van der Waals surface area (Å²) in [6.07, 6.45) is 4.72. The van der Waals surface area contributed by atoms with Gasteiger partial charge in [-0.15, -0.1) is 0 Å². The SMILES string of the molecule is COCCNCC1(Cc2ccc(Br)cc2F)CC2CC2C1. The molecule has 0 spiro atoms. The number of fused-ring (bicyclic) bond motifs is 1. The Morgan fingerprint density at radius 3 is 2.81 bits per heavy atom. The minimum atomic E-state index is -0.0822. The number of methoxy groups -OCH3 is 1. The lowest BCUT2D eigenvalue weighted by atomic mass is 9.77. The van der Waals surface area contributed by atoms with Gasteiger partial charge in [0.2, 0.25) is 0 Å². The largest absolute Gasteiger partial charge is 0.383 e. The maximum atomic E-state index is 14.2. The average Bonchev–Trinajstić information content (AvgIpc) is 3.07. The summed E-state index contributed by atoms with van der Waals surface area (Å²) in [7, 11) is 1.72. The van der Waals surface area contributed by atoms with Crippen LogP contribution in [0.15, 0.2) is 22.7 Å². The van der Waals surface area contributed by atoms with Crippen LogP contribution in [0.5, 0.6) is 0 Å². The molecule has 4 heteroatoms. The van der Waals surface area contributed by atoms with Gasteiger partial charge in [-0.1, -0.05) is 22.0 Å². The van der Waals surface area contributed by atoms with E-state index in [1.165, 1.54) is 19.3 Å². The lowest BCUT2D eigenvalue weighted by Crippen LogP contribution is -2.36. The second kappa shape index (κ2) is 6.35. The molecule has 0 radical (unpaired) electrons. The van der Waals surface area contributed by atoms with Crippen LogP contribution < -0.4 is 5.32 Å². The van der Waals surface area contributed by atoms with Crippen LogP contribution in [0.2, 0.25) is 0 Å². The monoisotopic (exact) mass is 355 g/mol.